The van der Waals surface area contributed by atoms with E-state index in [-0.39, 0.29) is 6.04 Å². The maximum atomic E-state index is 13.1. The van der Waals surface area contributed by atoms with Crippen molar-refractivity contribution in [2.24, 2.45) is 5.84 Å². The largest absolute Gasteiger partial charge is 0.465 e. The number of nitrogens with two attached hydrogens (primary N) is 1. The number of hydrogen-bond donors (Lipinski definition) is 2. The molecule has 18 heavy (non-hydrogen) atoms. The molecule has 0 fully saturated rings. The lowest BCUT2D eigenvalue weighted by Crippen LogP contribution is -2.29. The summed E-state index contributed by atoms with van der Waals surface area (Å²) < 4.78 is 31.6. The predicted molar refractivity (Wildman–Crippen MR) is 63.6 cm³/mol. The van der Waals surface area contributed by atoms with E-state index in [1.165, 1.54) is 12.1 Å². The molecule has 96 valence electrons. The molecule has 0 amide bonds. The predicted octanol–water partition coefficient (Wildman–Crippen LogP) is 2.61. The number of furan rings is 1. The Balaban J connectivity index is 2.20. The molecule has 1 unspecified atom stereocenters. The molecule has 0 aliphatic carbocycles. The summed E-state index contributed by atoms with van der Waals surface area (Å²) in [5.74, 6) is 5.64. The molecule has 5 heteroatoms. The zero-order valence-corrected chi connectivity index (χ0v) is 9.91. The van der Waals surface area contributed by atoms with Crippen molar-refractivity contribution >= 4 is 0 Å². The summed E-state index contributed by atoms with van der Waals surface area (Å²) in [6.45, 7) is 1.82. The van der Waals surface area contributed by atoms with Gasteiger partial charge in [-0.25, -0.2) is 14.2 Å². The van der Waals surface area contributed by atoms with Crippen LogP contribution < -0.4 is 11.3 Å². The fraction of sp³-hybridized carbons (Fsp3) is 0.231. The Kier molecular flexibility index (Phi) is 3.74. The van der Waals surface area contributed by atoms with Crippen molar-refractivity contribution in [3.8, 4) is 0 Å². The van der Waals surface area contributed by atoms with Crippen LogP contribution in [0.2, 0.25) is 0 Å². The van der Waals surface area contributed by atoms with E-state index in [9.17, 15) is 8.78 Å². The van der Waals surface area contributed by atoms with Crippen molar-refractivity contribution in [3.63, 3.8) is 0 Å². The van der Waals surface area contributed by atoms with Crippen LogP contribution in [0.3, 0.4) is 0 Å². The summed E-state index contributed by atoms with van der Waals surface area (Å²) in [5, 5.41) is 0. The second kappa shape index (κ2) is 5.29. The van der Waals surface area contributed by atoms with Crippen LogP contribution in [0.5, 0.6) is 0 Å². The average Bonchev–Trinajstić information content (AvgIpc) is 2.71. The highest BCUT2D eigenvalue weighted by Crippen LogP contribution is 2.21. The van der Waals surface area contributed by atoms with Gasteiger partial charge in [0.1, 0.15) is 23.2 Å². The number of benzene rings is 1. The number of rotatable bonds is 4. The molecule has 1 aromatic heterocycles. The molecule has 0 spiro atoms. The molecule has 2 rings (SSSR count). The molecule has 1 aromatic carbocycles. The van der Waals surface area contributed by atoms with Gasteiger partial charge in [0.2, 0.25) is 0 Å². The van der Waals surface area contributed by atoms with Crippen molar-refractivity contribution in [3.05, 3.63) is 59.1 Å². The maximum absolute atomic E-state index is 13.1. The van der Waals surface area contributed by atoms with Crippen molar-refractivity contribution < 1.29 is 13.2 Å². The Morgan fingerprint density at radius 2 is 1.89 bits per heavy atom. The summed E-state index contributed by atoms with van der Waals surface area (Å²) in [7, 11) is 0. The Hall–Kier alpha value is -1.72. The van der Waals surface area contributed by atoms with E-state index in [1.807, 2.05) is 13.0 Å². The van der Waals surface area contributed by atoms with Crippen molar-refractivity contribution in [1.82, 2.24) is 5.43 Å². The van der Waals surface area contributed by atoms with Crippen LogP contribution in [0.25, 0.3) is 0 Å². The number of nitrogens with one attached hydrogen (secondary N) is 1. The zero-order valence-electron chi connectivity index (χ0n) is 9.91. The first kappa shape index (κ1) is 12.7. The highest BCUT2D eigenvalue weighted by atomic mass is 19.1. The molecular formula is C13H14F2N2O. The van der Waals surface area contributed by atoms with Gasteiger partial charge in [-0.2, -0.15) is 0 Å². The second-order valence-electron chi connectivity index (χ2n) is 4.15. The van der Waals surface area contributed by atoms with Crippen LogP contribution in [0.15, 0.2) is 34.7 Å². The minimum absolute atomic E-state index is 0.320. The molecule has 2 aromatic rings. The lowest BCUT2D eigenvalue weighted by atomic mass is 10.0. The first-order chi connectivity index (χ1) is 8.58. The molecule has 0 bridgehead atoms. The van der Waals surface area contributed by atoms with E-state index < -0.39 is 11.6 Å². The van der Waals surface area contributed by atoms with Gasteiger partial charge in [0.05, 0.1) is 6.04 Å². The van der Waals surface area contributed by atoms with Crippen molar-refractivity contribution in [2.75, 3.05) is 0 Å². The Labute approximate surface area is 104 Å². The lowest BCUT2D eigenvalue weighted by Gasteiger charge is -2.13. The van der Waals surface area contributed by atoms with Gasteiger partial charge >= 0.3 is 0 Å². The van der Waals surface area contributed by atoms with Gasteiger partial charge in [-0.1, -0.05) is 0 Å². The topological polar surface area (TPSA) is 51.2 Å². The number of hydrogen-bond acceptors (Lipinski definition) is 3. The monoisotopic (exact) mass is 252 g/mol. The molecule has 0 saturated carbocycles. The summed E-state index contributed by atoms with van der Waals surface area (Å²) >= 11 is 0. The normalized spacial score (nSPS) is 12.7. The van der Waals surface area contributed by atoms with E-state index in [0.29, 0.717) is 17.7 Å². The van der Waals surface area contributed by atoms with Crippen LogP contribution in [0.4, 0.5) is 8.78 Å². The molecule has 0 radical (unpaired) electrons. The molecule has 0 aliphatic heterocycles. The quantitative estimate of drug-likeness (QED) is 0.649. The van der Waals surface area contributed by atoms with E-state index in [1.54, 1.807) is 6.07 Å². The summed E-state index contributed by atoms with van der Waals surface area (Å²) in [6.07, 6.45) is 0.345. The van der Waals surface area contributed by atoms with Crippen molar-refractivity contribution in [1.29, 1.82) is 0 Å². The van der Waals surface area contributed by atoms with Gasteiger partial charge in [-0.15, -0.1) is 0 Å². The number of aryl methyl sites for hydroxylation is 1. The molecule has 3 N–H and O–H groups in total. The fourth-order valence-electron chi connectivity index (χ4n) is 1.85. The van der Waals surface area contributed by atoms with Crippen LogP contribution in [-0.4, -0.2) is 0 Å². The smallest absolute Gasteiger partial charge is 0.126 e. The van der Waals surface area contributed by atoms with E-state index >= 15 is 0 Å². The third-order valence-electron chi connectivity index (χ3n) is 2.67. The van der Waals surface area contributed by atoms with Crippen LogP contribution in [-0.2, 0) is 6.42 Å². The molecule has 1 atom stereocenters. The van der Waals surface area contributed by atoms with Gasteiger partial charge in [0.15, 0.2) is 0 Å². The van der Waals surface area contributed by atoms with Crippen LogP contribution in [0.1, 0.15) is 23.1 Å². The van der Waals surface area contributed by atoms with Gasteiger partial charge < -0.3 is 4.42 Å². The first-order valence-electron chi connectivity index (χ1n) is 5.56. The summed E-state index contributed by atoms with van der Waals surface area (Å²) in [6, 6.07) is 6.68. The standard InChI is InChI=1S/C13H14F2N2O/c1-8-2-3-13(18-8)12(17-16)6-9-4-10(14)7-11(15)5-9/h2-5,7,12,17H,6,16H2,1H3. The minimum Gasteiger partial charge on any atom is -0.465 e. The average molecular weight is 252 g/mol. The lowest BCUT2D eigenvalue weighted by molar-refractivity contribution is 0.402. The third-order valence-corrected chi connectivity index (χ3v) is 2.67. The zero-order chi connectivity index (χ0) is 13.1. The van der Waals surface area contributed by atoms with Gasteiger partial charge in [0.25, 0.3) is 0 Å². The first-order valence-corrected chi connectivity index (χ1v) is 5.56. The maximum Gasteiger partial charge on any atom is 0.126 e. The van der Waals surface area contributed by atoms with E-state index in [2.05, 4.69) is 5.43 Å². The van der Waals surface area contributed by atoms with Crippen LogP contribution in [0, 0.1) is 18.6 Å². The molecule has 0 saturated heterocycles. The van der Waals surface area contributed by atoms with Crippen LogP contribution >= 0.6 is 0 Å². The van der Waals surface area contributed by atoms with Gasteiger partial charge in [0, 0.05) is 6.07 Å². The molecular weight excluding hydrogens is 238 g/mol. The fourth-order valence-corrected chi connectivity index (χ4v) is 1.85. The Morgan fingerprint density at radius 1 is 1.22 bits per heavy atom. The van der Waals surface area contributed by atoms with Gasteiger partial charge in [-0.05, 0) is 43.2 Å². The molecule has 3 nitrogen and oxygen atoms in total. The van der Waals surface area contributed by atoms with E-state index in [0.717, 1.165) is 11.8 Å². The van der Waals surface area contributed by atoms with Crippen molar-refractivity contribution in [2.45, 2.75) is 19.4 Å². The highest BCUT2D eigenvalue weighted by molar-refractivity contribution is 5.21. The Bertz CT molecular complexity index is 519. The third kappa shape index (κ3) is 2.94. The van der Waals surface area contributed by atoms with E-state index in [4.69, 9.17) is 10.3 Å². The number of hydrazine groups is 1. The Morgan fingerprint density at radius 3 is 2.39 bits per heavy atom. The SMILES string of the molecule is Cc1ccc(C(Cc2cc(F)cc(F)c2)NN)o1. The summed E-state index contributed by atoms with van der Waals surface area (Å²) in [4.78, 5) is 0. The summed E-state index contributed by atoms with van der Waals surface area (Å²) in [5.41, 5.74) is 3.10. The van der Waals surface area contributed by atoms with Gasteiger partial charge in [-0.3, -0.25) is 5.84 Å². The highest BCUT2D eigenvalue weighted by Gasteiger charge is 2.15. The number of halogens is 2. The molecule has 1 heterocycles. The minimum atomic E-state index is -0.601. The second-order valence-corrected chi connectivity index (χ2v) is 4.15. The molecule has 0 aliphatic rings.